The zero-order chi connectivity index (χ0) is 14.5. The fourth-order valence-corrected chi connectivity index (χ4v) is 2.58. The second kappa shape index (κ2) is 4.34. The fraction of sp³-hybridized carbons (Fsp3) is 0.562. The first-order chi connectivity index (χ1) is 9.34. The molecular weight excluding hydrogens is 249 g/mol. The molecule has 1 aromatic carbocycles. The lowest BCUT2D eigenvalue weighted by Gasteiger charge is -2.32. The molecule has 0 radical (unpaired) electrons. The van der Waals surface area contributed by atoms with Gasteiger partial charge in [0, 0.05) is 0 Å². The van der Waals surface area contributed by atoms with E-state index in [2.05, 4.69) is 33.8 Å². The summed E-state index contributed by atoms with van der Waals surface area (Å²) in [7, 11) is -0.330. The van der Waals surface area contributed by atoms with E-state index in [0.717, 1.165) is 5.46 Å². The molecule has 104 valence electrons. The Labute approximate surface area is 121 Å². The minimum atomic E-state index is -0.330. The first-order valence-electron chi connectivity index (χ1n) is 7.24. The Morgan fingerprint density at radius 1 is 1.15 bits per heavy atom. The van der Waals surface area contributed by atoms with Crippen molar-refractivity contribution >= 4 is 12.6 Å². The third-order valence-electron chi connectivity index (χ3n) is 4.74. The van der Waals surface area contributed by atoms with E-state index in [0.29, 0.717) is 11.5 Å². The largest absolute Gasteiger partial charge is 0.495 e. The zero-order valence-electron chi connectivity index (χ0n) is 12.6. The van der Waals surface area contributed by atoms with Crippen molar-refractivity contribution in [1.82, 2.24) is 0 Å². The molecule has 0 bridgehead atoms. The zero-order valence-corrected chi connectivity index (χ0v) is 12.6. The molecule has 0 N–H and O–H groups in total. The van der Waals surface area contributed by atoms with Crippen LogP contribution in [-0.4, -0.2) is 18.3 Å². The molecule has 0 unspecified atom stereocenters. The van der Waals surface area contributed by atoms with Gasteiger partial charge >= 0.3 is 7.12 Å². The summed E-state index contributed by atoms with van der Waals surface area (Å²) < 4.78 is 12.3. The van der Waals surface area contributed by atoms with E-state index in [1.807, 2.05) is 18.2 Å². The highest BCUT2D eigenvalue weighted by Gasteiger charge is 2.52. The molecule has 0 atom stereocenters. The topological polar surface area (TPSA) is 42.2 Å². The van der Waals surface area contributed by atoms with E-state index in [1.165, 1.54) is 18.4 Å². The van der Waals surface area contributed by atoms with Crippen LogP contribution in [0, 0.1) is 11.3 Å². The molecular formula is C16H20BNO2. The van der Waals surface area contributed by atoms with Gasteiger partial charge in [0.1, 0.15) is 0 Å². The quantitative estimate of drug-likeness (QED) is 0.775. The Hall–Kier alpha value is -1.31. The van der Waals surface area contributed by atoms with Crippen LogP contribution in [0.2, 0.25) is 0 Å². The second-order valence-electron chi connectivity index (χ2n) is 6.82. The summed E-state index contributed by atoms with van der Waals surface area (Å²) >= 11 is 0. The lowest BCUT2D eigenvalue weighted by molar-refractivity contribution is 0.00578. The minimum absolute atomic E-state index is 0.327. The van der Waals surface area contributed by atoms with Gasteiger partial charge in [0.05, 0.1) is 22.8 Å². The number of rotatable bonds is 2. The first-order valence-corrected chi connectivity index (χ1v) is 7.24. The SMILES string of the molecule is CC1(C)OB(c2ccc(C#N)cc2C2CC2)OC1(C)C. The summed E-state index contributed by atoms with van der Waals surface area (Å²) in [6.07, 6.45) is 2.39. The molecule has 0 aromatic heterocycles. The maximum absolute atomic E-state index is 9.07. The highest BCUT2D eigenvalue weighted by atomic mass is 16.7. The van der Waals surface area contributed by atoms with E-state index < -0.39 is 0 Å². The van der Waals surface area contributed by atoms with Gasteiger partial charge in [-0.3, -0.25) is 0 Å². The van der Waals surface area contributed by atoms with Gasteiger partial charge in [-0.05, 0) is 69.6 Å². The Kier molecular flexibility index (Phi) is 2.97. The summed E-state index contributed by atoms with van der Waals surface area (Å²) in [5, 5.41) is 9.07. The maximum Gasteiger partial charge on any atom is 0.495 e. The summed E-state index contributed by atoms with van der Waals surface area (Å²) in [5.41, 5.74) is 2.37. The normalized spacial score (nSPS) is 23.6. The van der Waals surface area contributed by atoms with Gasteiger partial charge < -0.3 is 9.31 Å². The van der Waals surface area contributed by atoms with Crippen molar-refractivity contribution in [3.63, 3.8) is 0 Å². The van der Waals surface area contributed by atoms with Crippen LogP contribution in [0.15, 0.2) is 18.2 Å². The van der Waals surface area contributed by atoms with Crippen LogP contribution in [0.3, 0.4) is 0 Å². The summed E-state index contributed by atoms with van der Waals surface area (Å²) in [5.74, 6) is 0.567. The van der Waals surface area contributed by atoms with Gasteiger partial charge in [0.25, 0.3) is 0 Å². The highest BCUT2D eigenvalue weighted by Crippen LogP contribution is 2.42. The van der Waals surface area contributed by atoms with Crippen molar-refractivity contribution in [2.45, 2.75) is 57.7 Å². The van der Waals surface area contributed by atoms with Crippen LogP contribution in [0.1, 0.15) is 57.6 Å². The molecule has 2 aliphatic rings. The van der Waals surface area contributed by atoms with Crippen LogP contribution in [0.4, 0.5) is 0 Å². The van der Waals surface area contributed by atoms with Crippen LogP contribution in [-0.2, 0) is 9.31 Å². The monoisotopic (exact) mass is 269 g/mol. The van der Waals surface area contributed by atoms with Crippen molar-refractivity contribution in [1.29, 1.82) is 5.26 Å². The van der Waals surface area contributed by atoms with Gasteiger partial charge in [-0.2, -0.15) is 5.26 Å². The lowest BCUT2D eigenvalue weighted by atomic mass is 9.74. The van der Waals surface area contributed by atoms with Crippen LogP contribution >= 0.6 is 0 Å². The third kappa shape index (κ3) is 2.15. The smallest absolute Gasteiger partial charge is 0.399 e. The number of hydrogen-bond donors (Lipinski definition) is 0. The van der Waals surface area contributed by atoms with Crippen molar-refractivity contribution in [3.8, 4) is 6.07 Å². The first kappa shape index (κ1) is 13.7. The van der Waals surface area contributed by atoms with Gasteiger partial charge in [0.15, 0.2) is 0 Å². The fourth-order valence-electron chi connectivity index (χ4n) is 2.58. The van der Waals surface area contributed by atoms with Gasteiger partial charge in [-0.1, -0.05) is 6.07 Å². The number of nitriles is 1. The predicted molar refractivity (Wildman–Crippen MR) is 78.8 cm³/mol. The Balaban J connectivity index is 1.98. The molecule has 1 aliphatic carbocycles. The molecule has 20 heavy (non-hydrogen) atoms. The average Bonchev–Trinajstić information content (AvgIpc) is 3.17. The van der Waals surface area contributed by atoms with E-state index in [1.54, 1.807) is 0 Å². The van der Waals surface area contributed by atoms with E-state index in [9.17, 15) is 0 Å². The van der Waals surface area contributed by atoms with Crippen molar-refractivity contribution in [3.05, 3.63) is 29.3 Å². The predicted octanol–water partition coefficient (Wildman–Crippen LogP) is 2.73. The Bertz CT molecular complexity index is 569. The second-order valence-corrected chi connectivity index (χ2v) is 6.82. The molecule has 1 heterocycles. The minimum Gasteiger partial charge on any atom is -0.399 e. The van der Waals surface area contributed by atoms with Crippen molar-refractivity contribution in [2.75, 3.05) is 0 Å². The number of benzene rings is 1. The van der Waals surface area contributed by atoms with Crippen molar-refractivity contribution < 1.29 is 9.31 Å². The molecule has 2 fully saturated rings. The molecule has 1 aliphatic heterocycles. The van der Waals surface area contributed by atoms with Gasteiger partial charge in [0.2, 0.25) is 0 Å². The molecule has 3 rings (SSSR count). The standard InChI is InChI=1S/C16H20BNO2/c1-15(2)16(3,4)20-17(19-15)14-8-5-11(10-18)9-13(14)12-6-7-12/h5,8-9,12H,6-7H2,1-4H3. The molecule has 1 saturated heterocycles. The molecule has 1 aromatic rings. The van der Waals surface area contributed by atoms with E-state index in [4.69, 9.17) is 14.6 Å². The lowest BCUT2D eigenvalue weighted by Crippen LogP contribution is -2.41. The summed E-state index contributed by atoms with van der Waals surface area (Å²) in [6, 6.07) is 8.06. The van der Waals surface area contributed by atoms with Gasteiger partial charge in [-0.15, -0.1) is 0 Å². The molecule has 3 nitrogen and oxygen atoms in total. The summed E-state index contributed by atoms with van der Waals surface area (Å²) in [6.45, 7) is 8.25. The molecule has 0 amide bonds. The van der Waals surface area contributed by atoms with Crippen LogP contribution in [0.25, 0.3) is 0 Å². The maximum atomic E-state index is 9.07. The number of nitrogens with zero attached hydrogens (tertiary/aromatic N) is 1. The molecule has 1 saturated carbocycles. The number of hydrogen-bond acceptors (Lipinski definition) is 3. The molecule has 4 heteroatoms. The third-order valence-corrected chi connectivity index (χ3v) is 4.74. The van der Waals surface area contributed by atoms with E-state index >= 15 is 0 Å². The van der Waals surface area contributed by atoms with Gasteiger partial charge in [-0.25, -0.2) is 0 Å². The average molecular weight is 269 g/mol. The Morgan fingerprint density at radius 2 is 1.75 bits per heavy atom. The van der Waals surface area contributed by atoms with Crippen LogP contribution in [0.5, 0.6) is 0 Å². The van der Waals surface area contributed by atoms with Crippen molar-refractivity contribution in [2.24, 2.45) is 0 Å². The van der Waals surface area contributed by atoms with Crippen LogP contribution < -0.4 is 5.46 Å². The molecule has 0 spiro atoms. The summed E-state index contributed by atoms with van der Waals surface area (Å²) in [4.78, 5) is 0. The van der Waals surface area contributed by atoms with E-state index in [-0.39, 0.29) is 18.3 Å². The Morgan fingerprint density at radius 3 is 2.25 bits per heavy atom. The highest BCUT2D eigenvalue weighted by molar-refractivity contribution is 6.62.